The van der Waals surface area contributed by atoms with Crippen molar-refractivity contribution in [3.63, 3.8) is 0 Å². The molecule has 0 unspecified atom stereocenters. The third-order valence-corrected chi connectivity index (χ3v) is 6.48. The van der Waals surface area contributed by atoms with Crippen LogP contribution >= 0.6 is 23.1 Å². The van der Waals surface area contributed by atoms with Gasteiger partial charge in [0.15, 0.2) is 4.34 Å². The fourth-order valence-electron chi connectivity index (χ4n) is 2.57. The summed E-state index contributed by atoms with van der Waals surface area (Å²) in [4.78, 5) is 0. The zero-order chi connectivity index (χ0) is 18.7. The molecule has 136 valence electrons. The van der Waals surface area contributed by atoms with Crippen molar-refractivity contribution in [2.75, 3.05) is 5.32 Å². The smallest absolute Gasteiger partial charge is 0.210 e. The summed E-state index contributed by atoms with van der Waals surface area (Å²) >= 11 is 3.33. The van der Waals surface area contributed by atoms with Gasteiger partial charge in [0.2, 0.25) is 5.13 Å². The molecule has 0 bridgehead atoms. The standard InChI is InChI=1S/C21H25N3S2/c1-14-7-6-8-18(15(14)2)22-19-23-24-20(26-19)25-13-16-9-11-17(12-10-16)21(3,4)5/h6-12H,13H2,1-5H3,(H,22,23). The van der Waals surface area contributed by atoms with Gasteiger partial charge in [-0.1, -0.05) is 80.3 Å². The van der Waals surface area contributed by atoms with E-state index in [-0.39, 0.29) is 5.41 Å². The van der Waals surface area contributed by atoms with Gasteiger partial charge in [0.1, 0.15) is 0 Å². The van der Waals surface area contributed by atoms with Crippen LogP contribution in [0.5, 0.6) is 0 Å². The number of nitrogens with zero attached hydrogens (tertiary/aromatic N) is 2. The van der Waals surface area contributed by atoms with Gasteiger partial charge in [-0.15, -0.1) is 10.2 Å². The molecule has 1 N–H and O–H groups in total. The molecule has 3 rings (SSSR count). The van der Waals surface area contributed by atoms with E-state index < -0.39 is 0 Å². The number of aromatic nitrogens is 2. The lowest BCUT2D eigenvalue weighted by Gasteiger charge is -2.19. The molecule has 0 saturated carbocycles. The highest BCUT2D eigenvalue weighted by Crippen LogP contribution is 2.31. The van der Waals surface area contributed by atoms with Crippen LogP contribution in [0.1, 0.15) is 43.0 Å². The second kappa shape index (κ2) is 7.80. The largest absolute Gasteiger partial charge is 0.330 e. The molecule has 3 nitrogen and oxygen atoms in total. The SMILES string of the molecule is Cc1cccc(Nc2nnc(SCc3ccc(C(C)(C)C)cc3)s2)c1C. The Morgan fingerprint density at radius 3 is 2.42 bits per heavy atom. The Kier molecular flexibility index (Phi) is 5.68. The number of aryl methyl sites for hydroxylation is 1. The summed E-state index contributed by atoms with van der Waals surface area (Å²) in [6.45, 7) is 11.0. The molecule has 0 radical (unpaired) electrons. The van der Waals surface area contributed by atoms with E-state index in [1.807, 2.05) is 0 Å². The number of benzene rings is 2. The van der Waals surface area contributed by atoms with Crippen LogP contribution in [0.4, 0.5) is 10.8 Å². The molecule has 0 spiro atoms. The average Bonchev–Trinajstić information content (AvgIpc) is 3.04. The Labute approximate surface area is 164 Å². The van der Waals surface area contributed by atoms with Crippen LogP contribution in [0, 0.1) is 13.8 Å². The molecule has 2 aromatic carbocycles. The van der Waals surface area contributed by atoms with E-state index in [4.69, 9.17) is 0 Å². The van der Waals surface area contributed by atoms with Crippen LogP contribution in [0.15, 0.2) is 46.8 Å². The summed E-state index contributed by atoms with van der Waals surface area (Å²) in [7, 11) is 0. The van der Waals surface area contributed by atoms with E-state index >= 15 is 0 Å². The number of hydrogen-bond acceptors (Lipinski definition) is 5. The van der Waals surface area contributed by atoms with Crippen LogP contribution in [-0.4, -0.2) is 10.2 Å². The predicted molar refractivity (Wildman–Crippen MR) is 114 cm³/mol. The first-order valence-electron chi connectivity index (χ1n) is 8.72. The van der Waals surface area contributed by atoms with Crippen molar-refractivity contribution in [3.05, 3.63) is 64.7 Å². The van der Waals surface area contributed by atoms with Crippen molar-refractivity contribution >= 4 is 33.9 Å². The van der Waals surface area contributed by atoms with E-state index in [9.17, 15) is 0 Å². The minimum absolute atomic E-state index is 0.194. The lowest BCUT2D eigenvalue weighted by atomic mass is 9.87. The van der Waals surface area contributed by atoms with Crippen LogP contribution in [0.25, 0.3) is 0 Å². The zero-order valence-corrected chi connectivity index (χ0v) is 17.6. The maximum absolute atomic E-state index is 4.31. The van der Waals surface area contributed by atoms with E-state index in [0.717, 1.165) is 20.9 Å². The van der Waals surface area contributed by atoms with Gasteiger partial charge in [0.25, 0.3) is 0 Å². The molecule has 0 atom stereocenters. The molecule has 26 heavy (non-hydrogen) atoms. The average molecular weight is 384 g/mol. The van der Waals surface area contributed by atoms with Crippen LogP contribution in [-0.2, 0) is 11.2 Å². The number of thioether (sulfide) groups is 1. The summed E-state index contributed by atoms with van der Waals surface area (Å²) in [5.74, 6) is 0.905. The van der Waals surface area contributed by atoms with Crippen LogP contribution in [0.2, 0.25) is 0 Å². The molecule has 1 aromatic heterocycles. The van der Waals surface area contributed by atoms with Gasteiger partial charge >= 0.3 is 0 Å². The summed E-state index contributed by atoms with van der Waals surface area (Å²) in [5.41, 5.74) is 6.47. The van der Waals surface area contributed by atoms with Crippen LogP contribution in [0.3, 0.4) is 0 Å². The number of nitrogens with one attached hydrogen (secondary N) is 1. The Morgan fingerprint density at radius 2 is 1.73 bits per heavy atom. The lowest BCUT2D eigenvalue weighted by Crippen LogP contribution is -2.10. The monoisotopic (exact) mass is 383 g/mol. The fraction of sp³-hybridized carbons (Fsp3) is 0.333. The predicted octanol–water partition coefficient (Wildman–Crippen LogP) is 6.49. The molecule has 0 aliphatic heterocycles. The number of rotatable bonds is 5. The van der Waals surface area contributed by atoms with Gasteiger partial charge in [-0.2, -0.15) is 0 Å². The number of anilines is 2. The van der Waals surface area contributed by atoms with Crippen molar-refractivity contribution in [3.8, 4) is 0 Å². The van der Waals surface area contributed by atoms with Crippen molar-refractivity contribution in [1.29, 1.82) is 0 Å². The van der Waals surface area contributed by atoms with E-state index in [2.05, 4.69) is 92.6 Å². The lowest BCUT2D eigenvalue weighted by molar-refractivity contribution is 0.590. The molecule has 0 aliphatic carbocycles. The second-order valence-electron chi connectivity index (χ2n) is 7.48. The zero-order valence-electron chi connectivity index (χ0n) is 16.0. The highest BCUT2D eigenvalue weighted by Gasteiger charge is 2.13. The first kappa shape index (κ1) is 18.9. The van der Waals surface area contributed by atoms with Gasteiger partial charge in [0.05, 0.1) is 0 Å². The molecule has 0 saturated heterocycles. The Bertz CT molecular complexity index is 877. The molecular weight excluding hydrogens is 358 g/mol. The minimum atomic E-state index is 0.194. The molecule has 3 aromatic rings. The highest BCUT2D eigenvalue weighted by molar-refractivity contribution is 8.00. The second-order valence-corrected chi connectivity index (χ2v) is 9.68. The van der Waals surface area contributed by atoms with Gasteiger partial charge in [-0.05, 0) is 47.6 Å². The third kappa shape index (κ3) is 4.65. The van der Waals surface area contributed by atoms with Gasteiger partial charge in [-0.25, -0.2) is 0 Å². The summed E-state index contributed by atoms with van der Waals surface area (Å²) in [5, 5.41) is 12.8. The van der Waals surface area contributed by atoms with E-state index in [0.29, 0.717) is 0 Å². The normalized spacial score (nSPS) is 11.6. The first-order valence-corrected chi connectivity index (χ1v) is 10.5. The Balaban J connectivity index is 1.61. The summed E-state index contributed by atoms with van der Waals surface area (Å²) < 4.78 is 0.984. The van der Waals surface area contributed by atoms with Crippen molar-refractivity contribution in [2.45, 2.75) is 50.1 Å². The van der Waals surface area contributed by atoms with Crippen molar-refractivity contribution in [2.24, 2.45) is 0 Å². The highest BCUT2D eigenvalue weighted by atomic mass is 32.2. The maximum Gasteiger partial charge on any atom is 0.210 e. The van der Waals surface area contributed by atoms with E-state index in [1.165, 1.54) is 22.3 Å². The summed E-state index contributed by atoms with van der Waals surface area (Å²) in [6.07, 6.45) is 0. The summed E-state index contributed by atoms with van der Waals surface area (Å²) in [6, 6.07) is 15.1. The third-order valence-electron chi connectivity index (χ3n) is 4.43. The van der Waals surface area contributed by atoms with Gasteiger partial charge in [0, 0.05) is 11.4 Å². The molecule has 5 heteroatoms. The molecule has 0 aliphatic rings. The molecule has 0 fully saturated rings. The first-order chi connectivity index (χ1) is 12.3. The molecule has 1 heterocycles. The molecule has 0 amide bonds. The number of hydrogen-bond donors (Lipinski definition) is 1. The van der Waals surface area contributed by atoms with Crippen LogP contribution < -0.4 is 5.32 Å². The Hall–Kier alpha value is -1.85. The maximum atomic E-state index is 4.31. The quantitative estimate of drug-likeness (QED) is 0.511. The Morgan fingerprint density at radius 1 is 1.00 bits per heavy atom. The van der Waals surface area contributed by atoms with Gasteiger partial charge < -0.3 is 5.32 Å². The van der Waals surface area contributed by atoms with Crippen molar-refractivity contribution in [1.82, 2.24) is 10.2 Å². The van der Waals surface area contributed by atoms with Gasteiger partial charge in [-0.3, -0.25) is 0 Å². The van der Waals surface area contributed by atoms with E-state index in [1.54, 1.807) is 23.1 Å². The van der Waals surface area contributed by atoms with Crippen molar-refractivity contribution < 1.29 is 0 Å². The minimum Gasteiger partial charge on any atom is -0.330 e. The molecular formula is C21H25N3S2. The fourth-order valence-corrected chi connectivity index (χ4v) is 4.29. The topological polar surface area (TPSA) is 37.8 Å².